The minimum atomic E-state index is -0.232. The first-order chi connectivity index (χ1) is 8.27. The summed E-state index contributed by atoms with van der Waals surface area (Å²) in [6.45, 7) is 0.651. The van der Waals surface area contributed by atoms with Crippen molar-refractivity contribution in [3.63, 3.8) is 0 Å². The monoisotopic (exact) mass is 229 g/mol. The summed E-state index contributed by atoms with van der Waals surface area (Å²) >= 11 is 0. The number of nitrogen functional groups attached to an aromatic ring is 1. The molecule has 0 atom stereocenters. The van der Waals surface area contributed by atoms with E-state index in [2.05, 4.69) is 5.16 Å². The summed E-state index contributed by atoms with van der Waals surface area (Å²) < 4.78 is 4.89. The number of rotatable bonds is 1. The fourth-order valence-corrected chi connectivity index (χ4v) is 2.08. The van der Waals surface area contributed by atoms with Crippen LogP contribution < -0.4 is 10.6 Å². The Morgan fingerprint density at radius 1 is 1.41 bits per heavy atom. The molecule has 1 aliphatic rings. The van der Waals surface area contributed by atoms with Gasteiger partial charge in [0.25, 0.3) is 5.91 Å². The number of para-hydroxylation sites is 1. The number of nitrogens with zero attached hydrogens (tertiary/aromatic N) is 2. The van der Waals surface area contributed by atoms with Crippen molar-refractivity contribution < 1.29 is 9.32 Å². The molecule has 0 unspecified atom stereocenters. The molecule has 1 aliphatic heterocycles. The quantitative estimate of drug-likeness (QED) is 0.803. The van der Waals surface area contributed by atoms with Gasteiger partial charge in [-0.05, 0) is 18.1 Å². The number of fused-ring (bicyclic) bond motifs is 1. The van der Waals surface area contributed by atoms with E-state index in [1.165, 1.54) is 11.8 Å². The molecule has 0 fully saturated rings. The topological polar surface area (TPSA) is 72.4 Å². The van der Waals surface area contributed by atoms with Gasteiger partial charge in [-0.25, -0.2) is 0 Å². The molecular formula is C12H11N3O2. The van der Waals surface area contributed by atoms with E-state index >= 15 is 0 Å². The molecule has 3 rings (SSSR count). The van der Waals surface area contributed by atoms with Gasteiger partial charge in [0.1, 0.15) is 5.69 Å². The number of amides is 1. The van der Waals surface area contributed by atoms with Crippen molar-refractivity contribution in [1.29, 1.82) is 0 Å². The number of aromatic nitrogens is 1. The number of hydrogen-bond acceptors (Lipinski definition) is 4. The van der Waals surface area contributed by atoms with Gasteiger partial charge in [-0.15, -0.1) is 0 Å². The zero-order valence-corrected chi connectivity index (χ0v) is 9.09. The van der Waals surface area contributed by atoms with Gasteiger partial charge in [0.15, 0.2) is 0 Å². The lowest BCUT2D eigenvalue weighted by Crippen LogP contribution is -2.29. The SMILES string of the molecule is Nc1cnoc1C(=O)N1CCc2ccccc21. The van der Waals surface area contributed by atoms with Crippen LogP contribution in [0, 0.1) is 0 Å². The maximum absolute atomic E-state index is 12.2. The van der Waals surface area contributed by atoms with Crippen molar-refractivity contribution in [2.45, 2.75) is 6.42 Å². The molecule has 1 amide bonds. The van der Waals surface area contributed by atoms with Crippen molar-refractivity contribution in [1.82, 2.24) is 5.16 Å². The molecule has 2 heterocycles. The molecule has 5 nitrogen and oxygen atoms in total. The Balaban J connectivity index is 1.98. The highest BCUT2D eigenvalue weighted by molar-refractivity contribution is 6.08. The molecule has 86 valence electrons. The minimum Gasteiger partial charge on any atom is -0.394 e. The third-order valence-corrected chi connectivity index (χ3v) is 2.92. The first-order valence-corrected chi connectivity index (χ1v) is 5.37. The predicted molar refractivity (Wildman–Crippen MR) is 62.7 cm³/mol. The van der Waals surface area contributed by atoms with Crippen LogP contribution >= 0.6 is 0 Å². The second kappa shape index (κ2) is 3.62. The number of benzene rings is 1. The van der Waals surface area contributed by atoms with E-state index in [1.54, 1.807) is 4.90 Å². The molecule has 1 aromatic carbocycles. The first kappa shape index (κ1) is 9.89. The number of hydrogen-bond donors (Lipinski definition) is 1. The molecular weight excluding hydrogens is 218 g/mol. The van der Waals surface area contributed by atoms with Crippen LogP contribution in [-0.4, -0.2) is 17.6 Å². The highest BCUT2D eigenvalue weighted by Crippen LogP contribution is 2.29. The van der Waals surface area contributed by atoms with Crippen LogP contribution in [0.15, 0.2) is 35.0 Å². The number of nitrogens with two attached hydrogens (primary N) is 1. The smallest absolute Gasteiger partial charge is 0.299 e. The second-order valence-corrected chi connectivity index (χ2v) is 3.95. The molecule has 1 aromatic heterocycles. The van der Waals surface area contributed by atoms with Crippen molar-refractivity contribution in [2.24, 2.45) is 0 Å². The third kappa shape index (κ3) is 1.47. The summed E-state index contributed by atoms with van der Waals surface area (Å²) in [6, 6.07) is 7.82. The largest absolute Gasteiger partial charge is 0.394 e. The summed E-state index contributed by atoms with van der Waals surface area (Å²) in [6.07, 6.45) is 2.20. The van der Waals surface area contributed by atoms with E-state index in [0.29, 0.717) is 6.54 Å². The van der Waals surface area contributed by atoms with Gasteiger partial charge in [0.05, 0.1) is 6.20 Å². The van der Waals surface area contributed by atoms with Crippen molar-refractivity contribution >= 4 is 17.3 Å². The molecule has 0 saturated heterocycles. The van der Waals surface area contributed by atoms with E-state index in [4.69, 9.17) is 10.3 Å². The number of anilines is 2. The van der Waals surface area contributed by atoms with Crippen LogP contribution in [0.4, 0.5) is 11.4 Å². The summed E-state index contributed by atoms with van der Waals surface area (Å²) in [4.78, 5) is 13.9. The molecule has 5 heteroatoms. The average Bonchev–Trinajstić information content (AvgIpc) is 2.94. The van der Waals surface area contributed by atoms with Crippen LogP contribution in [0.1, 0.15) is 16.1 Å². The van der Waals surface area contributed by atoms with Gasteiger partial charge >= 0.3 is 0 Å². The molecule has 2 aromatic rings. The van der Waals surface area contributed by atoms with Crippen LogP contribution in [0.5, 0.6) is 0 Å². The summed E-state index contributed by atoms with van der Waals surface area (Å²) in [7, 11) is 0. The normalized spacial score (nSPS) is 13.8. The molecule has 0 bridgehead atoms. The molecule has 17 heavy (non-hydrogen) atoms. The Morgan fingerprint density at radius 3 is 3.00 bits per heavy atom. The summed E-state index contributed by atoms with van der Waals surface area (Å²) in [5.74, 6) is -0.119. The minimum absolute atomic E-state index is 0.113. The third-order valence-electron chi connectivity index (χ3n) is 2.92. The highest BCUT2D eigenvalue weighted by Gasteiger charge is 2.28. The second-order valence-electron chi connectivity index (χ2n) is 3.95. The average molecular weight is 229 g/mol. The molecule has 0 spiro atoms. The van der Waals surface area contributed by atoms with Crippen LogP contribution in [-0.2, 0) is 6.42 Å². The maximum Gasteiger partial charge on any atom is 0.299 e. The first-order valence-electron chi connectivity index (χ1n) is 5.37. The van der Waals surface area contributed by atoms with Gasteiger partial charge in [-0.2, -0.15) is 0 Å². The number of carbonyl (C=O) groups is 1. The van der Waals surface area contributed by atoms with E-state index < -0.39 is 0 Å². The Morgan fingerprint density at radius 2 is 2.24 bits per heavy atom. The van der Waals surface area contributed by atoms with Crippen LogP contribution in [0.2, 0.25) is 0 Å². The van der Waals surface area contributed by atoms with E-state index in [-0.39, 0.29) is 17.4 Å². The van der Waals surface area contributed by atoms with Crippen molar-refractivity contribution in [3.05, 3.63) is 41.8 Å². The van der Waals surface area contributed by atoms with E-state index in [9.17, 15) is 4.79 Å². The summed E-state index contributed by atoms with van der Waals surface area (Å²) in [5, 5.41) is 3.52. The zero-order valence-electron chi connectivity index (χ0n) is 9.09. The highest BCUT2D eigenvalue weighted by atomic mass is 16.5. The Hall–Kier alpha value is -2.30. The lowest BCUT2D eigenvalue weighted by Gasteiger charge is -2.15. The fourth-order valence-electron chi connectivity index (χ4n) is 2.08. The van der Waals surface area contributed by atoms with Gasteiger partial charge in [-0.1, -0.05) is 23.4 Å². The van der Waals surface area contributed by atoms with Crippen LogP contribution in [0.25, 0.3) is 0 Å². The molecule has 0 aliphatic carbocycles. The Labute approximate surface area is 97.8 Å². The zero-order chi connectivity index (χ0) is 11.8. The van der Waals surface area contributed by atoms with Crippen molar-refractivity contribution in [3.8, 4) is 0 Å². The van der Waals surface area contributed by atoms with Crippen LogP contribution in [0.3, 0.4) is 0 Å². The lowest BCUT2D eigenvalue weighted by atomic mass is 10.2. The fraction of sp³-hybridized carbons (Fsp3) is 0.167. The molecule has 0 radical (unpaired) electrons. The van der Waals surface area contributed by atoms with Gasteiger partial charge in [-0.3, -0.25) is 4.79 Å². The lowest BCUT2D eigenvalue weighted by molar-refractivity contribution is 0.0955. The van der Waals surface area contributed by atoms with E-state index in [1.807, 2.05) is 24.3 Å². The Kier molecular flexibility index (Phi) is 2.11. The van der Waals surface area contributed by atoms with Gasteiger partial charge in [0, 0.05) is 12.2 Å². The summed E-state index contributed by atoms with van der Waals surface area (Å²) in [5.41, 5.74) is 7.99. The van der Waals surface area contributed by atoms with E-state index in [0.717, 1.165) is 12.1 Å². The molecule has 2 N–H and O–H groups in total. The predicted octanol–water partition coefficient (Wildman–Crippen LogP) is 1.46. The van der Waals surface area contributed by atoms with Gasteiger partial charge in [0.2, 0.25) is 5.76 Å². The maximum atomic E-state index is 12.2. The Bertz CT molecular complexity index is 577. The molecule has 0 saturated carbocycles. The standard InChI is InChI=1S/C12H11N3O2/c13-9-7-14-17-11(9)12(16)15-6-5-8-3-1-2-4-10(8)15/h1-4,7H,5-6,13H2. The number of carbonyl (C=O) groups excluding carboxylic acids is 1. The van der Waals surface area contributed by atoms with Gasteiger partial charge < -0.3 is 15.2 Å². The van der Waals surface area contributed by atoms with Crippen molar-refractivity contribution in [2.75, 3.05) is 17.2 Å².